The van der Waals surface area contributed by atoms with E-state index in [1.807, 2.05) is 0 Å². The number of halogens is 2. The van der Waals surface area contributed by atoms with Crippen molar-refractivity contribution in [3.05, 3.63) is 23.6 Å². The second-order valence-corrected chi connectivity index (χ2v) is 10.5. The van der Waals surface area contributed by atoms with Gasteiger partial charge in [-0.05, 0) is 32.2 Å². The summed E-state index contributed by atoms with van der Waals surface area (Å²) in [7, 11) is 3.57. The van der Waals surface area contributed by atoms with Crippen LogP contribution in [0.3, 0.4) is 0 Å². The van der Waals surface area contributed by atoms with Crippen molar-refractivity contribution in [2.75, 3.05) is 43.9 Å². The van der Waals surface area contributed by atoms with Crippen molar-refractivity contribution in [3.63, 3.8) is 0 Å². The molecule has 36 heavy (non-hydrogen) atoms. The molecular weight excluding hydrogens is 494 g/mol. The SMILES string of the molecule is CN1C[C@H]2C[C@@H]1C[C@@H]2NC(=O)Oc1ccnc(N2CC[C@@H](F)[C@@H](N(C)C(=O)Nc3ncc(F)s3)C2)n1. The number of alkyl halides is 1. The van der Waals surface area contributed by atoms with Gasteiger partial charge in [0.05, 0.1) is 12.2 Å². The van der Waals surface area contributed by atoms with E-state index in [1.165, 1.54) is 24.2 Å². The van der Waals surface area contributed by atoms with Gasteiger partial charge in [-0.25, -0.2) is 23.9 Å². The molecule has 3 fully saturated rings. The van der Waals surface area contributed by atoms with Gasteiger partial charge in [-0.2, -0.15) is 9.37 Å². The van der Waals surface area contributed by atoms with E-state index in [-0.39, 0.29) is 36.0 Å². The topological polar surface area (TPSA) is 116 Å². The molecule has 2 N–H and O–H groups in total. The zero-order chi connectivity index (χ0) is 25.4. The number of nitrogens with one attached hydrogen (secondary N) is 2. The summed E-state index contributed by atoms with van der Waals surface area (Å²) in [6.45, 7) is 1.43. The van der Waals surface area contributed by atoms with Crippen molar-refractivity contribution in [2.24, 2.45) is 5.92 Å². The summed E-state index contributed by atoms with van der Waals surface area (Å²) in [5.74, 6) is 0.791. The Labute approximate surface area is 210 Å². The third-order valence-corrected chi connectivity index (χ3v) is 7.93. The first-order chi connectivity index (χ1) is 17.3. The second-order valence-electron chi connectivity index (χ2n) is 9.49. The molecule has 2 saturated heterocycles. The van der Waals surface area contributed by atoms with Gasteiger partial charge < -0.3 is 24.8 Å². The van der Waals surface area contributed by atoms with Crippen molar-refractivity contribution in [3.8, 4) is 5.88 Å². The minimum atomic E-state index is -1.27. The lowest BCUT2D eigenvalue weighted by molar-refractivity contribution is 0.133. The highest BCUT2D eigenvalue weighted by Gasteiger charge is 2.43. The Kier molecular flexibility index (Phi) is 6.88. The molecular formula is C22H28F2N8O3S. The van der Waals surface area contributed by atoms with Crippen LogP contribution in [0.4, 0.5) is 29.4 Å². The molecule has 0 radical (unpaired) electrons. The van der Waals surface area contributed by atoms with Crippen LogP contribution in [0.15, 0.2) is 18.5 Å². The molecule has 0 spiro atoms. The first-order valence-electron chi connectivity index (χ1n) is 11.8. The number of nitrogens with zero attached hydrogens (tertiary/aromatic N) is 6. The monoisotopic (exact) mass is 522 g/mol. The number of carbonyl (C=O) groups is 2. The van der Waals surface area contributed by atoms with Crippen LogP contribution in [0.1, 0.15) is 19.3 Å². The maximum atomic E-state index is 14.8. The van der Waals surface area contributed by atoms with Gasteiger partial charge in [-0.3, -0.25) is 5.32 Å². The highest BCUT2D eigenvalue weighted by molar-refractivity contribution is 7.14. The Morgan fingerprint density at radius 2 is 2.11 bits per heavy atom. The van der Waals surface area contributed by atoms with Crippen molar-refractivity contribution < 1.29 is 23.1 Å². The van der Waals surface area contributed by atoms with E-state index >= 15 is 0 Å². The van der Waals surface area contributed by atoms with Gasteiger partial charge in [0.1, 0.15) is 6.17 Å². The number of hydrogen-bond acceptors (Lipinski definition) is 9. The number of thiazole rings is 1. The third kappa shape index (κ3) is 5.19. The van der Waals surface area contributed by atoms with E-state index in [0.29, 0.717) is 29.8 Å². The first kappa shape index (κ1) is 24.6. The summed E-state index contributed by atoms with van der Waals surface area (Å²) in [5.41, 5.74) is 0. The molecule has 4 heterocycles. The van der Waals surface area contributed by atoms with Gasteiger partial charge in [0.25, 0.3) is 0 Å². The van der Waals surface area contributed by atoms with E-state index < -0.39 is 29.5 Å². The largest absolute Gasteiger partial charge is 0.414 e. The standard InChI is InChI=1S/C22H28F2N8O3S/c1-30-10-12-7-13(30)8-15(12)27-22(34)35-18-3-5-25-19(28-18)32-6-4-14(23)16(11-32)31(2)21(33)29-20-26-9-17(24)36-20/h3,5,9,12-16H,4,6-8,10-11H2,1-2H3,(H,27,34)(H,26,29,33)/t12-,13-,14-,15+,16+/m1/s1. The number of piperidine rings is 2. The minimum Gasteiger partial charge on any atom is -0.391 e. The molecule has 0 unspecified atom stereocenters. The molecule has 2 bridgehead atoms. The normalized spacial score (nSPS) is 27.7. The predicted octanol–water partition coefficient (Wildman–Crippen LogP) is 2.33. The first-order valence-corrected chi connectivity index (χ1v) is 12.6. The molecule has 3 aliphatic rings. The van der Waals surface area contributed by atoms with Crippen molar-refractivity contribution in [1.29, 1.82) is 0 Å². The maximum Gasteiger partial charge on any atom is 0.414 e. The molecule has 3 amide bonds. The molecule has 2 aromatic rings. The molecule has 1 saturated carbocycles. The number of carbonyl (C=O) groups excluding carboxylic acids is 2. The van der Waals surface area contributed by atoms with Crippen LogP contribution in [-0.4, -0.2) is 94.9 Å². The number of hydrogen-bond donors (Lipinski definition) is 2. The molecule has 5 rings (SSSR count). The Bertz CT molecular complexity index is 1120. The summed E-state index contributed by atoms with van der Waals surface area (Å²) in [5, 5.41) is 4.99. The van der Waals surface area contributed by atoms with E-state index in [1.54, 1.807) is 4.90 Å². The zero-order valence-corrected chi connectivity index (χ0v) is 20.8. The van der Waals surface area contributed by atoms with E-state index in [0.717, 1.165) is 25.6 Å². The number of anilines is 2. The lowest BCUT2D eigenvalue weighted by Gasteiger charge is -2.39. The molecule has 11 nitrogen and oxygen atoms in total. The van der Waals surface area contributed by atoms with Crippen LogP contribution in [-0.2, 0) is 0 Å². The fourth-order valence-corrected chi connectivity index (χ4v) is 5.80. The maximum absolute atomic E-state index is 14.8. The molecule has 2 aromatic heterocycles. The number of likely N-dealkylation sites (tertiary alicyclic amines) is 1. The van der Waals surface area contributed by atoms with Crippen molar-refractivity contribution >= 4 is 34.5 Å². The van der Waals surface area contributed by atoms with Gasteiger partial charge in [0.2, 0.25) is 11.8 Å². The number of aromatic nitrogens is 3. The average Bonchev–Trinajstić information content (AvgIpc) is 3.54. The Morgan fingerprint density at radius 1 is 1.28 bits per heavy atom. The van der Waals surface area contributed by atoms with Gasteiger partial charge in [-0.1, -0.05) is 11.3 Å². The summed E-state index contributed by atoms with van der Waals surface area (Å²) >= 11 is 0.689. The van der Waals surface area contributed by atoms with Crippen LogP contribution in [0.5, 0.6) is 5.88 Å². The van der Waals surface area contributed by atoms with Crippen molar-refractivity contribution in [1.82, 2.24) is 30.1 Å². The third-order valence-electron chi connectivity index (χ3n) is 7.23. The van der Waals surface area contributed by atoms with Gasteiger partial charge in [0, 0.05) is 51.0 Å². The lowest BCUT2D eigenvalue weighted by Crippen LogP contribution is -2.55. The number of urea groups is 1. The molecule has 2 aliphatic heterocycles. The lowest BCUT2D eigenvalue weighted by atomic mass is 10.0. The summed E-state index contributed by atoms with van der Waals surface area (Å²) < 4.78 is 33.4. The van der Waals surface area contributed by atoms with Crippen LogP contribution in [0.25, 0.3) is 0 Å². The van der Waals surface area contributed by atoms with Crippen LogP contribution in [0, 0.1) is 11.0 Å². The Morgan fingerprint density at radius 3 is 2.81 bits per heavy atom. The van der Waals surface area contributed by atoms with E-state index in [9.17, 15) is 18.4 Å². The van der Waals surface area contributed by atoms with Gasteiger partial charge in [-0.15, -0.1) is 0 Å². The van der Waals surface area contributed by atoms with Gasteiger partial charge in [0.15, 0.2) is 10.3 Å². The number of rotatable bonds is 5. The highest BCUT2D eigenvalue weighted by atomic mass is 32.1. The van der Waals surface area contributed by atoms with E-state index in [2.05, 4.69) is 37.5 Å². The molecule has 194 valence electrons. The van der Waals surface area contributed by atoms with Crippen molar-refractivity contribution in [2.45, 2.75) is 43.6 Å². The fourth-order valence-electron chi connectivity index (χ4n) is 5.26. The fraction of sp³-hybridized carbons (Fsp3) is 0.591. The van der Waals surface area contributed by atoms with Crippen LogP contribution >= 0.6 is 11.3 Å². The summed E-state index contributed by atoms with van der Waals surface area (Å²) in [6, 6.07) is 0.688. The van der Waals surface area contributed by atoms with Gasteiger partial charge >= 0.3 is 12.1 Å². The average molecular weight is 523 g/mol. The number of amides is 3. The number of ether oxygens (including phenoxy) is 1. The van der Waals surface area contributed by atoms with E-state index in [4.69, 9.17) is 4.74 Å². The molecule has 5 atom stereocenters. The minimum absolute atomic E-state index is 0.0897. The summed E-state index contributed by atoms with van der Waals surface area (Å²) in [6.07, 6.45) is 2.79. The van der Waals surface area contributed by atoms with Crippen LogP contribution < -0.4 is 20.3 Å². The second kappa shape index (κ2) is 10.1. The summed E-state index contributed by atoms with van der Waals surface area (Å²) in [4.78, 5) is 42.7. The zero-order valence-electron chi connectivity index (χ0n) is 19.9. The van der Waals surface area contributed by atoms with Crippen LogP contribution in [0.2, 0.25) is 0 Å². The number of likely N-dealkylation sites (N-methyl/N-ethyl adjacent to an activating group) is 1. The molecule has 1 aliphatic carbocycles. The number of fused-ring (bicyclic) bond motifs is 2. The highest BCUT2D eigenvalue weighted by Crippen LogP contribution is 2.36. The molecule has 14 heteroatoms. The quantitative estimate of drug-likeness (QED) is 0.615. The molecule has 0 aromatic carbocycles. The Balaban J connectivity index is 1.19. The smallest absolute Gasteiger partial charge is 0.391 e. The predicted molar refractivity (Wildman–Crippen MR) is 128 cm³/mol. The Hall–Kier alpha value is -3.13.